The average Bonchev–Trinajstić information content (AvgIpc) is 3.29. The molecule has 0 amide bonds. The molecule has 0 aliphatic carbocycles. The Morgan fingerprint density at radius 2 is 0.911 bits per heavy atom. The topological polar surface area (TPSA) is 49.9 Å². The Hall–Kier alpha value is -5.33. The molecule has 0 spiro atoms. The lowest BCUT2D eigenvalue weighted by Crippen LogP contribution is -2.30. The van der Waals surface area contributed by atoms with E-state index in [9.17, 15) is 8.42 Å². The smallest absolute Gasteiger partial charge is 0.207 e. The summed E-state index contributed by atoms with van der Waals surface area (Å²) in [4.78, 5) is 5.07. The molecule has 0 radical (unpaired) electrons. The maximum atomic E-state index is 13.9. The highest BCUT2D eigenvalue weighted by Crippen LogP contribution is 2.55. The van der Waals surface area contributed by atoms with E-state index in [1.807, 2.05) is 72.8 Å². The van der Waals surface area contributed by atoms with Crippen LogP contribution in [0.1, 0.15) is 25.0 Å². The van der Waals surface area contributed by atoms with Crippen molar-refractivity contribution in [2.24, 2.45) is 0 Å². The summed E-state index contributed by atoms with van der Waals surface area (Å²) in [6, 6.07) is 44.2. The van der Waals surface area contributed by atoms with Crippen molar-refractivity contribution in [1.29, 1.82) is 0 Å². The van der Waals surface area contributed by atoms with Crippen LogP contribution in [0.4, 0.5) is 34.1 Å². The van der Waals surface area contributed by atoms with Gasteiger partial charge in [0.15, 0.2) is 11.5 Å². The van der Waals surface area contributed by atoms with E-state index in [1.54, 1.807) is 12.1 Å². The Balaban J connectivity index is 1.24. The number of benzene rings is 6. The molecule has 3 aliphatic rings. The maximum Gasteiger partial charge on any atom is 0.207 e. The van der Waals surface area contributed by atoms with Gasteiger partial charge in [0.2, 0.25) is 9.84 Å². The first kappa shape index (κ1) is 26.1. The van der Waals surface area contributed by atoms with E-state index in [2.05, 4.69) is 72.2 Å². The Labute approximate surface area is 262 Å². The van der Waals surface area contributed by atoms with Crippen LogP contribution < -0.4 is 14.5 Å². The lowest BCUT2D eigenvalue weighted by atomic mass is 9.73. The van der Waals surface area contributed by atoms with E-state index < -0.39 is 9.84 Å². The number of nitrogens with zero attached hydrogens (tertiary/aromatic N) is 2. The van der Waals surface area contributed by atoms with Crippen LogP contribution in [0.15, 0.2) is 143 Å². The third-order valence-electron chi connectivity index (χ3n) is 9.38. The van der Waals surface area contributed by atoms with Gasteiger partial charge in [0.05, 0.1) is 32.5 Å². The predicted molar refractivity (Wildman–Crippen MR) is 179 cm³/mol. The van der Waals surface area contributed by atoms with Gasteiger partial charge in [-0.3, -0.25) is 0 Å². The second-order valence-electron chi connectivity index (χ2n) is 12.2. The first-order chi connectivity index (χ1) is 21.8. The van der Waals surface area contributed by atoms with Gasteiger partial charge < -0.3 is 14.5 Å². The van der Waals surface area contributed by atoms with Crippen molar-refractivity contribution in [2.75, 3.05) is 9.80 Å². The van der Waals surface area contributed by atoms with Crippen molar-refractivity contribution in [2.45, 2.75) is 29.1 Å². The Bertz CT molecular complexity index is 2230. The summed E-state index contributed by atoms with van der Waals surface area (Å²) in [5, 5.41) is 0. The maximum absolute atomic E-state index is 13.9. The van der Waals surface area contributed by atoms with Gasteiger partial charge in [0.25, 0.3) is 0 Å². The van der Waals surface area contributed by atoms with Gasteiger partial charge in [-0.1, -0.05) is 74.5 Å². The SMILES string of the molecule is CC1(C)c2ccccc2N(c2ccc3c(c2)-c2cc(N4c5ccccc5Oc5ccccc54)ccc2S3(=O)=O)c2ccccc21. The van der Waals surface area contributed by atoms with Crippen molar-refractivity contribution in [3.8, 4) is 22.6 Å². The van der Waals surface area contributed by atoms with Gasteiger partial charge in [0, 0.05) is 27.9 Å². The zero-order valence-electron chi connectivity index (χ0n) is 24.7. The first-order valence-electron chi connectivity index (χ1n) is 15.0. The Morgan fingerprint density at radius 1 is 0.511 bits per heavy atom. The molecular weight excluding hydrogens is 577 g/mol. The lowest BCUT2D eigenvalue weighted by molar-refractivity contribution is 0.477. The van der Waals surface area contributed by atoms with Gasteiger partial charge in [-0.2, -0.15) is 0 Å². The summed E-state index contributed by atoms with van der Waals surface area (Å²) in [6.07, 6.45) is 0. The summed E-state index contributed by atoms with van der Waals surface area (Å²) >= 11 is 0. The molecule has 5 nitrogen and oxygen atoms in total. The van der Waals surface area contributed by atoms with Gasteiger partial charge in [-0.05, 0) is 83.9 Å². The monoisotopic (exact) mass is 604 g/mol. The molecule has 0 saturated heterocycles. The van der Waals surface area contributed by atoms with Crippen LogP contribution in [0.2, 0.25) is 0 Å². The van der Waals surface area contributed by atoms with Crippen LogP contribution in [-0.2, 0) is 15.3 Å². The minimum Gasteiger partial charge on any atom is -0.453 e. The zero-order valence-corrected chi connectivity index (χ0v) is 25.5. The summed E-state index contributed by atoms with van der Waals surface area (Å²) in [7, 11) is -3.68. The minimum atomic E-state index is -3.68. The molecule has 0 atom stereocenters. The molecule has 45 heavy (non-hydrogen) atoms. The second-order valence-corrected chi connectivity index (χ2v) is 14.1. The van der Waals surface area contributed by atoms with Gasteiger partial charge in [0.1, 0.15) is 0 Å². The lowest BCUT2D eigenvalue weighted by Gasteiger charge is -2.42. The predicted octanol–water partition coefficient (Wildman–Crippen LogP) is 10.2. The molecular formula is C39H28N2O3S. The molecule has 6 aromatic carbocycles. The number of anilines is 6. The van der Waals surface area contributed by atoms with Crippen molar-refractivity contribution in [1.82, 2.24) is 0 Å². The fourth-order valence-electron chi connectivity index (χ4n) is 7.25. The van der Waals surface area contributed by atoms with E-state index in [0.717, 1.165) is 45.6 Å². The fourth-order valence-corrected chi connectivity index (χ4v) is 8.90. The molecule has 3 aliphatic heterocycles. The average molecular weight is 605 g/mol. The highest BCUT2D eigenvalue weighted by molar-refractivity contribution is 7.92. The highest BCUT2D eigenvalue weighted by atomic mass is 32.2. The van der Waals surface area contributed by atoms with Gasteiger partial charge in [-0.25, -0.2) is 8.42 Å². The molecule has 6 heteroatoms. The minimum absolute atomic E-state index is 0.185. The van der Waals surface area contributed by atoms with Crippen LogP contribution in [0.5, 0.6) is 11.5 Å². The highest BCUT2D eigenvalue weighted by Gasteiger charge is 2.39. The van der Waals surface area contributed by atoms with E-state index in [-0.39, 0.29) is 5.41 Å². The van der Waals surface area contributed by atoms with Crippen molar-refractivity contribution in [3.05, 3.63) is 145 Å². The standard InChI is InChI=1S/C39H28N2O3S/c1-39(2)29-11-3-5-13-31(29)40(32-14-6-4-12-30(32)39)25-19-21-37-27(23-25)28-24-26(20-22-38(28)45(37,42)43)41-33-15-7-9-17-35(33)44-36-18-10-8-16-34(36)41/h3-24H,1-2H3. The fraction of sp³-hybridized carbons (Fsp3) is 0.0769. The molecule has 0 fully saturated rings. The summed E-state index contributed by atoms with van der Waals surface area (Å²) in [5.74, 6) is 1.50. The quantitative estimate of drug-likeness (QED) is 0.197. The Kier molecular flexibility index (Phi) is 5.28. The summed E-state index contributed by atoms with van der Waals surface area (Å²) in [6.45, 7) is 4.52. The molecule has 0 N–H and O–H groups in total. The summed E-state index contributed by atoms with van der Waals surface area (Å²) < 4.78 is 34.0. The Morgan fingerprint density at radius 3 is 1.40 bits per heavy atom. The van der Waals surface area contributed by atoms with Crippen LogP contribution in [0, 0.1) is 0 Å². The van der Waals surface area contributed by atoms with E-state index in [1.165, 1.54) is 11.1 Å². The molecule has 9 rings (SSSR count). The second kappa shape index (κ2) is 9.10. The number of fused-ring (bicyclic) bond motifs is 7. The zero-order chi connectivity index (χ0) is 30.5. The first-order valence-corrected chi connectivity index (χ1v) is 16.5. The van der Waals surface area contributed by atoms with Crippen LogP contribution >= 0.6 is 0 Å². The van der Waals surface area contributed by atoms with E-state index in [4.69, 9.17) is 4.74 Å². The molecule has 0 aromatic heterocycles. The number of hydrogen-bond donors (Lipinski definition) is 0. The molecule has 0 unspecified atom stereocenters. The largest absolute Gasteiger partial charge is 0.453 e. The molecule has 218 valence electrons. The van der Waals surface area contributed by atoms with Crippen LogP contribution in [0.3, 0.4) is 0 Å². The van der Waals surface area contributed by atoms with Crippen molar-refractivity contribution in [3.63, 3.8) is 0 Å². The van der Waals surface area contributed by atoms with Gasteiger partial charge >= 0.3 is 0 Å². The normalized spacial score (nSPS) is 16.0. The van der Waals surface area contributed by atoms with Gasteiger partial charge in [-0.15, -0.1) is 0 Å². The third-order valence-corrected chi connectivity index (χ3v) is 11.3. The van der Waals surface area contributed by atoms with E-state index >= 15 is 0 Å². The van der Waals surface area contributed by atoms with Crippen molar-refractivity contribution >= 4 is 44.0 Å². The number of rotatable bonds is 2. The van der Waals surface area contributed by atoms with E-state index in [0.29, 0.717) is 20.9 Å². The third kappa shape index (κ3) is 3.57. The molecule has 6 aromatic rings. The van der Waals surface area contributed by atoms with Crippen LogP contribution in [0.25, 0.3) is 11.1 Å². The molecule has 0 bridgehead atoms. The molecule has 0 saturated carbocycles. The number of sulfone groups is 1. The van der Waals surface area contributed by atoms with Crippen LogP contribution in [-0.4, -0.2) is 8.42 Å². The van der Waals surface area contributed by atoms with Crippen molar-refractivity contribution < 1.29 is 13.2 Å². The summed E-state index contributed by atoms with van der Waals surface area (Å²) in [5.41, 5.74) is 9.44. The number of hydrogen-bond acceptors (Lipinski definition) is 5. The number of para-hydroxylation sites is 6. The number of ether oxygens (including phenoxy) is 1. The molecule has 3 heterocycles.